The van der Waals surface area contributed by atoms with Crippen LogP contribution in [0.15, 0.2) is 40.5 Å². The Kier molecular flexibility index (Phi) is 3.75. The zero-order chi connectivity index (χ0) is 14.8. The van der Waals surface area contributed by atoms with Crippen LogP contribution < -0.4 is 10.3 Å². The van der Waals surface area contributed by atoms with Crippen LogP contribution in [0, 0.1) is 6.92 Å². The van der Waals surface area contributed by atoms with Crippen molar-refractivity contribution in [3.8, 4) is 5.75 Å². The Balaban J connectivity index is 1.80. The summed E-state index contributed by atoms with van der Waals surface area (Å²) in [6.07, 6.45) is 1.01. The topological polar surface area (TPSA) is 43.6 Å². The highest BCUT2D eigenvalue weighted by Crippen LogP contribution is 2.15. The number of thiazole rings is 1. The van der Waals surface area contributed by atoms with Gasteiger partial charge in [0.15, 0.2) is 4.96 Å². The summed E-state index contributed by atoms with van der Waals surface area (Å²) in [5.74, 6) is 0.788. The predicted octanol–water partition coefficient (Wildman–Crippen LogP) is 3.21. The first-order chi connectivity index (χ1) is 10.2. The minimum absolute atomic E-state index is 0.0568. The summed E-state index contributed by atoms with van der Waals surface area (Å²) in [6.45, 7) is 4.32. The van der Waals surface area contributed by atoms with E-state index < -0.39 is 0 Å². The molecule has 0 unspecified atom stereocenters. The third-order valence-electron chi connectivity index (χ3n) is 3.35. The first-order valence-electron chi connectivity index (χ1n) is 6.86. The SMILES string of the molecule is CCc1ccc(OCc2cc(=O)n3c(C)csc3n2)cc1. The van der Waals surface area contributed by atoms with Gasteiger partial charge >= 0.3 is 0 Å². The van der Waals surface area contributed by atoms with Gasteiger partial charge < -0.3 is 4.74 Å². The third-order valence-corrected chi connectivity index (χ3v) is 4.29. The highest BCUT2D eigenvalue weighted by molar-refractivity contribution is 7.15. The Labute approximate surface area is 126 Å². The van der Waals surface area contributed by atoms with Crippen LogP contribution in [0.2, 0.25) is 0 Å². The minimum Gasteiger partial charge on any atom is -0.487 e. The molecule has 3 aromatic rings. The van der Waals surface area contributed by atoms with E-state index in [1.807, 2.05) is 36.6 Å². The van der Waals surface area contributed by atoms with Gasteiger partial charge in [-0.05, 0) is 31.0 Å². The summed E-state index contributed by atoms with van der Waals surface area (Å²) >= 11 is 1.47. The number of aromatic nitrogens is 2. The molecule has 0 atom stereocenters. The van der Waals surface area contributed by atoms with Crippen LogP contribution in [0.4, 0.5) is 0 Å². The first kappa shape index (κ1) is 13.8. The number of hydrogen-bond acceptors (Lipinski definition) is 4. The largest absolute Gasteiger partial charge is 0.487 e. The second-order valence-electron chi connectivity index (χ2n) is 4.87. The van der Waals surface area contributed by atoms with Gasteiger partial charge in [-0.25, -0.2) is 4.98 Å². The number of benzene rings is 1. The summed E-state index contributed by atoms with van der Waals surface area (Å²) in [5.41, 5.74) is 2.78. The van der Waals surface area contributed by atoms with Gasteiger partial charge in [0.2, 0.25) is 0 Å². The van der Waals surface area contributed by atoms with E-state index in [1.165, 1.54) is 23.0 Å². The van der Waals surface area contributed by atoms with E-state index in [-0.39, 0.29) is 5.56 Å². The molecule has 0 saturated carbocycles. The average Bonchev–Trinajstić information content (AvgIpc) is 2.87. The van der Waals surface area contributed by atoms with Gasteiger partial charge in [0.05, 0.1) is 5.69 Å². The van der Waals surface area contributed by atoms with E-state index in [0.717, 1.165) is 17.9 Å². The zero-order valence-electron chi connectivity index (χ0n) is 12.0. The van der Waals surface area contributed by atoms with Crippen molar-refractivity contribution in [3.05, 3.63) is 63.0 Å². The van der Waals surface area contributed by atoms with E-state index in [4.69, 9.17) is 4.74 Å². The molecule has 0 amide bonds. The molecule has 0 fully saturated rings. The molecule has 2 aromatic heterocycles. The molecule has 0 bridgehead atoms. The normalized spacial score (nSPS) is 11.0. The van der Waals surface area contributed by atoms with Gasteiger partial charge in [-0.3, -0.25) is 9.20 Å². The van der Waals surface area contributed by atoms with Crippen LogP contribution in [-0.2, 0) is 13.0 Å². The molecule has 0 aliphatic rings. The Morgan fingerprint density at radius 2 is 2.05 bits per heavy atom. The maximum Gasteiger partial charge on any atom is 0.259 e. The summed E-state index contributed by atoms with van der Waals surface area (Å²) in [7, 11) is 0. The lowest BCUT2D eigenvalue weighted by molar-refractivity contribution is 0.301. The molecule has 0 saturated heterocycles. The molecule has 0 N–H and O–H groups in total. The van der Waals surface area contributed by atoms with Gasteiger partial charge in [-0.15, -0.1) is 11.3 Å². The lowest BCUT2D eigenvalue weighted by Gasteiger charge is -2.06. The van der Waals surface area contributed by atoms with Crippen molar-refractivity contribution in [1.29, 1.82) is 0 Å². The van der Waals surface area contributed by atoms with Crippen LogP contribution in [0.1, 0.15) is 23.9 Å². The molecule has 3 rings (SSSR count). The second-order valence-corrected chi connectivity index (χ2v) is 5.70. The quantitative estimate of drug-likeness (QED) is 0.743. The highest BCUT2D eigenvalue weighted by Gasteiger charge is 2.07. The summed E-state index contributed by atoms with van der Waals surface area (Å²) in [5, 5.41) is 1.93. The minimum atomic E-state index is -0.0568. The molecule has 0 radical (unpaired) electrons. The van der Waals surface area contributed by atoms with Crippen LogP contribution in [0.3, 0.4) is 0 Å². The number of rotatable bonds is 4. The van der Waals surface area contributed by atoms with Crippen molar-refractivity contribution < 1.29 is 4.74 Å². The van der Waals surface area contributed by atoms with Gasteiger partial charge in [0.25, 0.3) is 5.56 Å². The summed E-state index contributed by atoms with van der Waals surface area (Å²) in [4.78, 5) is 17.2. The molecular weight excluding hydrogens is 284 g/mol. The first-order valence-corrected chi connectivity index (χ1v) is 7.74. The van der Waals surface area contributed by atoms with Crippen molar-refractivity contribution >= 4 is 16.3 Å². The van der Waals surface area contributed by atoms with E-state index in [2.05, 4.69) is 11.9 Å². The zero-order valence-corrected chi connectivity index (χ0v) is 12.8. The van der Waals surface area contributed by atoms with Crippen molar-refractivity contribution in [3.63, 3.8) is 0 Å². The Morgan fingerprint density at radius 3 is 2.76 bits per heavy atom. The van der Waals surface area contributed by atoms with E-state index >= 15 is 0 Å². The fraction of sp³-hybridized carbons (Fsp3) is 0.250. The summed E-state index contributed by atoms with van der Waals surface area (Å²) < 4.78 is 7.31. The van der Waals surface area contributed by atoms with Crippen LogP contribution in [-0.4, -0.2) is 9.38 Å². The number of nitrogens with zero attached hydrogens (tertiary/aromatic N) is 2. The molecule has 2 heterocycles. The smallest absolute Gasteiger partial charge is 0.259 e. The van der Waals surface area contributed by atoms with Gasteiger partial charge in [0.1, 0.15) is 12.4 Å². The Hall–Kier alpha value is -2.14. The Bertz CT molecular complexity index is 818. The maximum atomic E-state index is 12.1. The van der Waals surface area contributed by atoms with Gasteiger partial charge in [0, 0.05) is 17.1 Å². The van der Waals surface area contributed by atoms with Crippen LogP contribution >= 0.6 is 11.3 Å². The van der Waals surface area contributed by atoms with E-state index in [1.54, 1.807) is 4.40 Å². The lowest BCUT2D eigenvalue weighted by atomic mass is 10.2. The predicted molar refractivity (Wildman–Crippen MR) is 84.2 cm³/mol. The third kappa shape index (κ3) is 2.83. The second kappa shape index (κ2) is 5.69. The average molecular weight is 300 g/mol. The fourth-order valence-electron chi connectivity index (χ4n) is 2.15. The van der Waals surface area contributed by atoms with E-state index in [0.29, 0.717) is 17.3 Å². The van der Waals surface area contributed by atoms with Crippen LogP contribution in [0.5, 0.6) is 5.75 Å². The Morgan fingerprint density at radius 1 is 1.29 bits per heavy atom. The number of aryl methyl sites for hydroxylation is 2. The standard InChI is InChI=1S/C16H16N2O2S/c1-3-12-4-6-14(7-5-12)20-9-13-8-15(19)18-11(2)10-21-16(18)17-13/h4-8,10H,3,9H2,1-2H3. The number of fused-ring (bicyclic) bond motifs is 1. The molecule has 21 heavy (non-hydrogen) atoms. The van der Waals surface area contributed by atoms with Crippen molar-refractivity contribution in [2.45, 2.75) is 26.9 Å². The van der Waals surface area contributed by atoms with Crippen LogP contribution in [0.25, 0.3) is 4.96 Å². The highest BCUT2D eigenvalue weighted by atomic mass is 32.1. The molecule has 4 nitrogen and oxygen atoms in total. The molecule has 0 aliphatic heterocycles. The van der Waals surface area contributed by atoms with E-state index in [9.17, 15) is 4.79 Å². The lowest BCUT2D eigenvalue weighted by Crippen LogP contribution is -2.15. The molecule has 108 valence electrons. The van der Waals surface area contributed by atoms with Crippen molar-refractivity contribution in [1.82, 2.24) is 9.38 Å². The molecule has 1 aromatic carbocycles. The van der Waals surface area contributed by atoms with Gasteiger partial charge in [-0.2, -0.15) is 0 Å². The molecule has 5 heteroatoms. The van der Waals surface area contributed by atoms with Crippen molar-refractivity contribution in [2.75, 3.05) is 0 Å². The number of ether oxygens (including phenoxy) is 1. The molecule has 0 aliphatic carbocycles. The number of hydrogen-bond donors (Lipinski definition) is 0. The van der Waals surface area contributed by atoms with Gasteiger partial charge in [-0.1, -0.05) is 19.1 Å². The van der Waals surface area contributed by atoms with Crippen molar-refractivity contribution in [2.24, 2.45) is 0 Å². The molecule has 0 spiro atoms. The summed E-state index contributed by atoms with van der Waals surface area (Å²) in [6, 6.07) is 9.51. The fourth-order valence-corrected chi connectivity index (χ4v) is 3.04. The maximum absolute atomic E-state index is 12.1. The molecular formula is C16H16N2O2S. The monoisotopic (exact) mass is 300 g/mol.